The Bertz CT molecular complexity index is 217. The molecule has 0 aromatic carbocycles. The van der Waals surface area contributed by atoms with E-state index in [1.807, 2.05) is 6.92 Å². The molecule has 0 radical (unpaired) electrons. The predicted molar refractivity (Wildman–Crippen MR) is 58.9 cm³/mol. The fourth-order valence-corrected chi connectivity index (χ4v) is 2.18. The maximum absolute atomic E-state index is 11.6. The zero-order chi connectivity index (χ0) is 10.9. The number of rotatable bonds is 1. The zero-order valence-electron chi connectivity index (χ0n) is 10.1. The first-order valence-corrected chi connectivity index (χ1v) is 5.60. The lowest BCUT2D eigenvalue weighted by Gasteiger charge is -2.35. The maximum atomic E-state index is 11.6. The molecule has 0 aliphatic carbocycles. The molecule has 1 amide bonds. The lowest BCUT2D eigenvalue weighted by Crippen LogP contribution is -2.48. The highest BCUT2D eigenvalue weighted by Gasteiger charge is 2.32. The first-order valence-electron chi connectivity index (χ1n) is 5.60. The molecule has 2 heteroatoms. The van der Waals surface area contributed by atoms with Gasteiger partial charge >= 0.3 is 0 Å². The number of amides is 1. The van der Waals surface area contributed by atoms with Gasteiger partial charge < -0.3 is 5.32 Å². The smallest absolute Gasteiger partial charge is 0.223 e. The van der Waals surface area contributed by atoms with Crippen molar-refractivity contribution in [3.05, 3.63) is 0 Å². The number of carbonyl (C=O) groups is 1. The third-order valence-corrected chi connectivity index (χ3v) is 3.13. The SMILES string of the molecule is CC1CC(CC(C)(C)C)NC(=O)C1C. The second-order valence-corrected chi connectivity index (χ2v) is 5.97. The second kappa shape index (κ2) is 3.92. The molecule has 3 unspecified atom stereocenters. The summed E-state index contributed by atoms with van der Waals surface area (Å²) < 4.78 is 0. The van der Waals surface area contributed by atoms with E-state index in [1.165, 1.54) is 0 Å². The van der Waals surface area contributed by atoms with Crippen LogP contribution in [-0.4, -0.2) is 11.9 Å². The van der Waals surface area contributed by atoms with Crippen LogP contribution in [0.1, 0.15) is 47.5 Å². The monoisotopic (exact) mass is 197 g/mol. The van der Waals surface area contributed by atoms with Crippen LogP contribution in [0.2, 0.25) is 0 Å². The van der Waals surface area contributed by atoms with Crippen molar-refractivity contribution in [2.75, 3.05) is 0 Å². The van der Waals surface area contributed by atoms with Crippen LogP contribution >= 0.6 is 0 Å². The van der Waals surface area contributed by atoms with Gasteiger partial charge in [-0.1, -0.05) is 34.6 Å². The predicted octanol–water partition coefficient (Wildman–Crippen LogP) is 2.58. The number of piperidine rings is 1. The van der Waals surface area contributed by atoms with Crippen molar-refractivity contribution in [3.8, 4) is 0 Å². The molecule has 1 fully saturated rings. The highest BCUT2D eigenvalue weighted by molar-refractivity contribution is 5.79. The number of hydrogen-bond acceptors (Lipinski definition) is 1. The molecule has 1 saturated heterocycles. The molecule has 82 valence electrons. The van der Waals surface area contributed by atoms with Gasteiger partial charge in [0.25, 0.3) is 0 Å². The van der Waals surface area contributed by atoms with Crippen LogP contribution in [0.4, 0.5) is 0 Å². The van der Waals surface area contributed by atoms with E-state index in [0.717, 1.165) is 12.8 Å². The van der Waals surface area contributed by atoms with Gasteiger partial charge in [-0.05, 0) is 24.2 Å². The molecule has 1 N–H and O–H groups in total. The van der Waals surface area contributed by atoms with Gasteiger partial charge in [0.2, 0.25) is 5.91 Å². The minimum Gasteiger partial charge on any atom is -0.353 e. The van der Waals surface area contributed by atoms with E-state index in [4.69, 9.17) is 0 Å². The summed E-state index contributed by atoms with van der Waals surface area (Å²) >= 11 is 0. The van der Waals surface area contributed by atoms with Gasteiger partial charge in [0.15, 0.2) is 0 Å². The summed E-state index contributed by atoms with van der Waals surface area (Å²) in [6, 6.07) is 0.383. The Balaban J connectivity index is 2.54. The molecular weight excluding hydrogens is 174 g/mol. The topological polar surface area (TPSA) is 29.1 Å². The third kappa shape index (κ3) is 3.00. The van der Waals surface area contributed by atoms with Crippen molar-refractivity contribution in [1.82, 2.24) is 5.32 Å². The standard InChI is InChI=1S/C12H23NO/c1-8-6-10(7-12(3,4)5)13-11(14)9(8)2/h8-10H,6-7H2,1-5H3,(H,13,14). The normalized spacial score (nSPS) is 34.1. The molecule has 14 heavy (non-hydrogen) atoms. The average molecular weight is 197 g/mol. The lowest BCUT2D eigenvalue weighted by atomic mass is 9.79. The molecule has 3 atom stereocenters. The van der Waals surface area contributed by atoms with Crippen LogP contribution in [0.5, 0.6) is 0 Å². The molecular formula is C12H23NO. The molecule has 0 bridgehead atoms. The Hall–Kier alpha value is -0.530. The molecule has 0 saturated carbocycles. The second-order valence-electron chi connectivity index (χ2n) is 5.97. The molecule has 0 aromatic heterocycles. The van der Waals surface area contributed by atoms with E-state index < -0.39 is 0 Å². The van der Waals surface area contributed by atoms with Crippen LogP contribution in [0.15, 0.2) is 0 Å². The minimum absolute atomic E-state index is 0.186. The fraction of sp³-hybridized carbons (Fsp3) is 0.917. The van der Waals surface area contributed by atoms with E-state index in [0.29, 0.717) is 17.4 Å². The summed E-state index contributed by atoms with van der Waals surface area (Å²) in [5, 5.41) is 3.11. The van der Waals surface area contributed by atoms with E-state index in [2.05, 4.69) is 33.0 Å². The van der Waals surface area contributed by atoms with Crippen LogP contribution < -0.4 is 5.32 Å². The number of hydrogen-bond donors (Lipinski definition) is 1. The molecule has 1 aliphatic heterocycles. The molecule has 1 aliphatic rings. The third-order valence-electron chi connectivity index (χ3n) is 3.13. The zero-order valence-corrected chi connectivity index (χ0v) is 10.1. The summed E-state index contributed by atoms with van der Waals surface area (Å²) in [7, 11) is 0. The van der Waals surface area contributed by atoms with Crippen molar-refractivity contribution in [1.29, 1.82) is 0 Å². The lowest BCUT2D eigenvalue weighted by molar-refractivity contribution is -0.129. The van der Waals surface area contributed by atoms with Crippen LogP contribution in [-0.2, 0) is 4.79 Å². The van der Waals surface area contributed by atoms with E-state index in [-0.39, 0.29) is 11.8 Å². The van der Waals surface area contributed by atoms with E-state index >= 15 is 0 Å². The Kier molecular flexibility index (Phi) is 3.23. The number of carbonyl (C=O) groups excluding carboxylic acids is 1. The Morgan fingerprint density at radius 1 is 1.36 bits per heavy atom. The van der Waals surface area contributed by atoms with Gasteiger partial charge in [0, 0.05) is 12.0 Å². The van der Waals surface area contributed by atoms with Crippen molar-refractivity contribution in [2.24, 2.45) is 17.3 Å². The molecule has 2 nitrogen and oxygen atoms in total. The molecule has 1 rings (SSSR count). The fourth-order valence-electron chi connectivity index (χ4n) is 2.18. The summed E-state index contributed by atoms with van der Waals surface area (Å²) in [6.45, 7) is 10.9. The summed E-state index contributed by atoms with van der Waals surface area (Å²) in [5.41, 5.74) is 0.304. The summed E-state index contributed by atoms with van der Waals surface area (Å²) in [4.78, 5) is 11.6. The van der Waals surface area contributed by atoms with Crippen LogP contribution in [0, 0.1) is 17.3 Å². The minimum atomic E-state index is 0.186. The Morgan fingerprint density at radius 2 is 1.93 bits per heavy atom. The van der Waals surface area contributed by atoms with Crippen molar-refractivity contribution in [2.45, 2.75) is 53.5 Å². The highest BCUT2D eigenvalue weighted by Crippen LogP contribution is 2.29. The Labute approximate surface area is 87.5 Å². The van der Waals surface area contributed by atoms with Gasteiger partial charge in [-0.25, -0.2) is 0 Å². The molecule has 1 heterocycles. The first kappa shape index (κ1) is 11.5. The van der Waals surface area contributed by atoms with Crippen molar-refractivity contribution >= 4 is 5.91 Å². The quantitative estimate of drug-likeness (QED) is 0.688. The highest BCUT2D eigenvalue weighted by atomic mass is 16.2. The maximum Gasteiger partial charge on any atom is 0.223 e. The van der Waals surface area contributed by atoms with Gasteiger partial charge in [0.1, 0.15) is 0 Å². The van der Waals surface area contributed by atoms with Gasteiger partial charge in [-0.3, -0.25) is 4.79 Å². The summed E-state index contributed by atoms with van der Waals surface area (Å²) in [5.74, 6) is 0.945. The van der Waals surface area contributed by atoms with Gasteiger partial charge in [-0.15, -0.1) is 0 Å². The van der Waals surface area contributed by atoms with Crippen molar-refractivity contribution in [3.63, 3.8) is 0 Å². The number of nitrogens with one attached hydrogen (secondary N) is 1. The van der Waals surface area contributed by atoms with Crippen LogP contribution in [0.25, 0.3) is 0 Å². The molecule has 0 spiro atoms. The van der Waals surface area contributed by atoms with Crippen LogP contribution in [0.3, 0.4) is 0 Å². The van der Waals surface area contributed by atoms with E-state index in [1.54, 1.807) is 0 Å². The summed E-state index contributed by atoms with van der Waals surface area (Å²) in [6.07, 6.45) is 2.21. The average Bonchev–Trinajstić information content (AvgIpc) is 1.96. The van der Waals surface area contributed by atoms with Gasteiger partial charge in [-0.2, -0.15) is 0 Å². The molecule has 0 aromatic rings. The Morgan fingerprint density at radius 3 is 2.36 bits per heavy atom. The van der Waals surface area contributed by atoms with Crippen molar-refractivity contribution < 1.29 is 4.79 Å². The van der Waals surface area contributed by atoms with E-state index in [9.17, 15) is 4.79 Å². The first-order chi connectivity index (χ1) is 6.29. The van der Waals surface area contributed by atoms with Gasteiger partial charge in [0.05, 0.1) is 0 Å². The largest absolute Gasteiger partial charge is 0.353 e.